The van der Waals surface area contributed by atoms with Gasteiger partial charge in [0, 0.05) is 30.9 Å². The second-order valence-corrected chi connectivity index (χ2v) is 6.50. The maximum atomic E-state index is 11.4. The lowest BCUT2D eigenvalue weighted by Gasteiger charge is -2.31. The summed E-state index contributed by atoms with van der Waals surface area (Å²) in [6.07, 6.45) is 2.19. The maximum absolute atomic E-state index is 11.4. The molecule has 0 aliphatic carbocycles. The number of nitriles is 1. The summed E-state index contributed by atoms with van der Waals surface area (Å²) >= 11 is 0. The molecule has 0 N–H and O–H groups in total. The van der Waals surface area contributed by atoms with E-state index in [0.29, 0.717) is 18.7 Å². The summed E-state index contributed by atoms with van der Waals surface area (Å²) in [5.74, 6) is -0.237. The maximum Gasteiger partial charge on any atom is 0.307 e. The smallest absolute Gasteiger partial charge is 0.307 e. The predicted molar refractivity (Wildman–Crippen MR) is 106 cm³/mol. The average Bonchev–Trinajstić information content (AvgIpc) is 2.75. The van der Waals surface area contributed by atoms with Crippen molar-refractivity contribution in [1.29, 1.82) is 5.26 Å². The number of ether oxygens (including phenoxy) is 1. The van der Waals surface area contributed by atoms with Crippen molar-refractivity contribution in [3.63, 3.8) is 0 Å². The summed E-state index contributed by atoms with van der Waals surface area (Å²) in [5.41, 5.74) is 3.00. The van der Waals surface area contributed by atoms with Crippen LogP contribution < -0.4 is 4.90 Å². The van der Waals surface area contributed by atoms with Crippen molar-refractivity contribution in [3.8, 4) is 6.07 Å². The predicted octanol–water partition coefficient (Wildman–Crippen LogP) is 4.20. The van der Waals surface area contributed by atoms with Gasteiger partial charge in [0.1, 0.15) is 11.8 Å². The van der Waals surface area contributed by atoms with Gasteiger partial charge in [0.05, 0.1) is 29.7 Å². The number of nitrogens with zero attached hydrogens (tertiary/aromatic N) is 5. The number of anilines is 1. The zero-order valence-corrected chi connectivity index (χ0v) is 15.9. The molecule has 2 aromatic carbocycles. The van der Waals surface area contributed by atoms with Crippen LogP contribution in [0.25, 0.3) is 0 Å². The van der Waals surface area contributed by atoms with Crippen LogP contribution in [0, 0.1) is 21.4 Å². The van der Waals surface area contributed by atoms with E-state index in [0.717, 1.165) is 30.6 Å². The zero-order chi connectivity index (χ0) is 20.8. The highest BCUT2D eigenvalue weighted by Gasteiger charge is 2.18. The summed E-state index contributed by atoms with van der Waals surface area (Å²) in [4.78, 5) is 23.8. The quantitative estimate of drug-likeness (QED) is 0.314. The third kappa shape index (κ3) is 4.73. The lowest BCUT2D eigenvalue weighted by Crippen LogP contribution is -2.31. The molecular weight excluding hydrogens is 374 g/mol. The molecule has 1 aliphatic heterocycles. The van der Waals surface area contributed by atoms with Crippen LogP contribution >= 0.6 is 0 Å². The molecule has 0 atom stereocenters. The van der Waals surface area contributed by atoms with Gasteiger partial charge in [0.15, 0.2) is 0 Å². The number of rotatable bonds is 6. The molecule has 3 rings (SSSR count). The SMILES string of the molecule is COC(=O)CCN1CCCc2cc(N=Nc3ccc([N+](=O)[O-])cc3C#N)ccc21. The van der Waals surface area contributed by atoms with Crippen LogP contribution in [0.15, 0.2) is 46.6 Å². The molecule has 0 bridgehead atoms. The monoisotopic (exact) mass is 393 g/mol. The normalized spacial score (nSPS) is 13.0. The number of hydrogen-bond donors (Lipinski definition) is 0. The van der Waals surface area contributed by atoms with Crippen LogP contribution in [-0.4, -0.2) is 31.1 Å². The Balaban J connectivity index is 1.79. The minimum absolute atomic E-state index is 0.0925. The number of carbonyl (C=O) groups is 1. The number of non-ortho nitro benzene ring substituents is 1. The molecule has 9 nitrogen and oxygen atoms in total. The topological polar surface area (TPSA) is 121 Å². The first-order chi connectivity index (χ1) is 14.0. The Morgan fingerprint density at radius 2 is 2.14 bits per heavy atom. The summed E-state index contributed by atoms with van der Waals surface area (Å²) in [6.45, 7) is 1.47. The Morgan fingerprint density at radius 1 is 1.31 bits per heavy atom. The summed E-state index contributed by atoms with van der Waals surface area (Å²) in [7, 11) is 1.38. The third-order valence-electron chi connectivity index (χ3n) is 4.68. The van der Waals surface area contributed by atoms with Gasteiger partial charge in [-0.2, -0.15) is 10.4 Å². The number of nitro groups is 1. The number of esters is 1. The van der Waals surface area contributed by atoms with E-state index in [4.69, 9.17) is 4.74 Å². The van der Waals surface area contributed by atoms with E-state index in [9.17, 15) is 20.2 Å². The van der Waals surface area contributed by atoms with Crippen LogP contribution in [0.5, 0.6) is 0 Å². The van der Waals surface area contributed by atoms with Gasteiger partial charge in [0.2, 0.25) is 0 Å². The second kappa shape index (κ2) is 8.93. The van der Waals surface area contributed by atoms with Gasteiger partial charge in [-0.15, -0.1) is 5.11 Å². The Labute approximate surface area is 167 Å². The van der Waals surface area contributed by atoms with E-state index in [-0.39, 0.29) is 22.9 Å². The van der Waals surface area contributed by atoms with Gasteiger partial charge in [-0.1, -0.05) is 0 Å². The molecule has 1 heterocycles. The number of nitro benzene ring substituents is 1. The molecule has 0 radical (unpaired) electrons. The van der Waals surface area contributed by atoms with Gasteiger partial charge < -0.3 is 9.64 Å². The molecule has 0 saturated carbocycles. The van der Waals surface area contributed by atoms with Crippen LogP contribution in [0.3, 0.4) is 0 Å². The van der Waals surface area contributed by atoms with Crippen molar-refractivity contribution in [3.05, 3.63) is 57.6 Å². The highest BCUT2D eigenvalue weighted by atomic mass is 16.6. The first-order valence-corrected chi connectivity index (χ1v) is 9.07. The van der Waals surface area contributed by atoms with Crippen LogP contribution in [0.1, 0.15) is 24.0 Å². The fourth-order valence-corrected chi connectivity index (χ4v) is 3.21. The molecule has 0 spiro atoms. The summed E-state index contributed by atoms with van der Waals surface area (Å²) in [6, 6.07) is 11.5. The Bertz CT molecular complexity index is 1010. The highest BCUT2D eigenvalue weighted by Crippen LogP contribution is 2.32. The summed E-state index contributed by atoms with van der Waals surface area (Å²) in [5, 5.41) is 28.3. The molecule has 29 heavy (non-hydrogen) atoms. The van der Waals surface area contributed by atoms with Crippen LogP contribution in [0.2, 0.25) is 0 Å². The second-order valence-electron chi connectivity index (χ2n) is 6.50. The Morgan fingerprint density at radius 3 is 2.86 bits per heavy atom. The van der Waals surface area contributed by atoms with Crippen LogP contribution in [0.4, 0.5) is 22.7 Å². The molecular formula is C20H19N5O4. The molecule has 0 saturated heterocycles. The summed E-state index contributed by atoms with van der Waals surface area (Å²) < 4.78 is 4.71. The lowest BCUT2D eigenvalue weighted by molar-refractivity contribution is -0.384. The number of aryl methyl sites for hydroxylation is 1. The van der Waals surface area contributed by atoms with Crippen molar-refractivity contribution in [2.45, 2.75) is 19.3 Å². The fraction of sp³-hybridized carbons (Fsp3) is 0.300. The minimum atomic E-state index is -0.558. The van der Waals surface area contributed by atoms with Crippen LogP contribution in [-0.2, 0) is 16.0 Å². The van der Waals surface area contributed by atoms with E-state index in [1.807, 2.05) is 24.3 Å². The van der Waals surface area contributed by atoms with Crippen molar-refractivity contribution >= 4 is 28.7 Å². The first-order valence-electron chi connectivity index (χ1n) is 9.07. The van der Waals surface area contributed by atoms with Gasteiger partial charge in [-0.25, -0.2) is 0 Å². The molecule has 0 aromatic heterocycles. The number of carbonyl (C=O) groups excluding carboxylic acids is 1. The molecule has 1 aliphatic rings. The van der Waals surface area contributed by atoms with Crippen molar-refractivity contribution in [2.24, 2.45) is 10.2 Å². The van der Waals surface area contributed by atoms with Gasteiger partial charge in [-0.05, 0) is 42.7 Å². The number of azo groups is 1. The van der Waals surface area contributed by atoms with Gasteiger partial charge in [0.25, 0.3) is 5.69 Å². The molecule has 9 heteroatoms. The number of benzene rings is 2. The highest BCUT2D eigenvalue weighted by molar-refractivity contribution is 5.70. The average molecular weight is 393 g/mol. The van der Waals surface area contributed by atoms with E-state index < -0.39 is 4.92 Å². The van der Waals surface area contributed by atoms with Gasteiger partial charge >= 0.3 is 5.97 Å². The van der Waals surface area contributed by atoms with E-state index in [2.05, 4.69) is 15.1 Å². The van der Waals surface area contributed by atoms with Crippen molar-refractivity contribution < 1.29 is 14.5 Å². The third-order valence-corrected chi connectivity index (χ3v) is 4.68. The minimum Gasteiger partial charge on any atom is -0.469 e. The lowest BCUT2D eigenvalue weighted by atomic mass is 10.0. The van der Waals surface area contributed by atoms with Gasteiger partial charge in [-0.3, -0.25) is 14.9 Å². The van der Waals surface area contributed by atoms with E-state index in [1.165, 1.54) is 25.3 Å². The fourth-order valence-electron chi connectivity index (χ4n) is 3.21. The first kappa shape index (κ1) is 19.9. The molecule has 2 aromatic rings. The number of fused-ring (bicyclic) bond motifs is 1. The standard InChI is InChI=1S/C20H19N5O4/c1-29-20(26)8-10-24-9-2-3-14-11-16(4-7-19(14)24)22-23-18-6-5-17(25(27)28)12-15(18)13-21/h4-7,11-12H,2-3,8-10H2,1H3. The number of hydrogen-bond acceptors (Lipinski definition) is 8. The molecule has 148 valence electrons. The zero-order valence-electron chi connectivity index (χ0n) is 15.9. The van der Waals surface area contributed by atoms with E-state index >= 15 is 0 Å². The molecule has 0 amide bonds. The molecule has 0 unspecified atom stereocenters. The van der Waals surface area contributed by atoms with Crippen molar-refractivity contribution in [1.82, 2.24) is 0 Å². The van der Waals surface area contributed by atoms with Crippen molar-refractivity contribution in [2.75, 3.05) is 25.1 Å². The van der Waals surface area contributed by atoms with E-state index in [1.54, 1.807) is 0 Å². The Kier molecular flexibility index (Phi) is 6.14. The molecule has 0 fully saturated rings. The largest absolute Gasteiger partial charge is 0.469 e. The Hall–Kier alpha value is -3.80. The number of methoxy groups -OCH3 is 1.